The summed E-state index contributed by atoms with van der Waals surface area (Å²) in [6.45, 7) is 0.590. The maximum Gasteiger partial charge on any atom is 0.162 e. The number of ether oxygens (including phenoxy) is 2. The van der Waals surface area contributed by atoms with Crippen LogP contribution in [0.5, 0.6) is 11.5 Å². The summed E-state index contributed by atoms with van der Waals surface area (Å²) in [4.78, 5) is 9.49. The molecule has 1 atom stereocenters. The Bertz CT molecular complexity index is 1280. The van der Waals surface area contributed by atoms with Gasteiger partial charge in [0, 0.05) is 29.1 Å². The van der Waals surface area contributed by atoms with Crippen molar-refractivity contribution in [1.29, 1.82) is 4.78 Å². The van der Waals surface area contributed by atoms with E-state index in [1.165, 1.54) is 6.26 Å². The summed E-state index contributed by atoms with van der Waals surface area (Å²) in [5, 5.41) is 0.923. The van der Waals surface area contributed by atoms with Crippen molar-refractivity contribution in [2.75, 3.05) is 20.5 Å². The van der Waals surface area contributed by atoms with Gasteiger partial charge in [-0.1, -0.05) is 12.1 Å². The molecule has 0 amide bonds. The Labute approximate surface area is 162 Å². The molecule has 1 N–H and O–H groups in total. The second kappa shape index (κ2) is 6.79. The van der Waals surface area contributed by atoms with Gasteiger partial charge in [-0.05, 0) is 23.8 Å². The maximum absolute atomic E-state index is 11.9. The van der Waals surface area contributed by atoms with Crippen molar-refractivity contribution in [3.63, 3.8) is 0 Å². The van der Waals surface area contributed by atoms with E-state index in [1.54, 1.807) is 38.9 Å². The van der Waals surface area contributed by atoms with E-state index in [-0.39, 0.29) is 0 Å². The monoisotopic (exact) mass is 396 g/mol. The van der Waals surface area contributed by atoms with Crippen molar-refractivity contribution in [2.24, 2.45) is 0 Å². The highest BCUT2D eigenvalue weighted by Crippen LogP contribution is 2.34. The van der Waals surface area contributed by atoms with Gasteiger partial charge in [0.25, 0.3) is 0 Å². The van der Waals surface area contributed by atoms with E-state index in [0.29, 0.717) is 22.9 Å². The van der Waals surface area contributed by atoms with Crippen LogP contribution in [0.1, 0.15) is 5.56 Å². The third-order valence-electron chi connectivity index (χ3n) is 4.68. The minimum Gasteiger partial charge on any atom is -0.493 e. The van der Waals surface area contributed by atoms with Crippen molar-refractivity contribution < 1.29 is 13.7 Å². The van der Waals surface area contributed by atoms with E-state index < -0.39 is 9.73 Å². The third-order valence-corrected chi connectivity index (χ3v) is 5.85. The number of aromatic nitrogens is 3. The van der Waals surface area contributed by atoms with E-state index >= 15 is 0 Å². The van der Waals surface area contributed by atoms with Gasteiger partial charge in [-0.2, -0.15) is 0 Å². The SMILES string of the molecule is COc1cc2ncc3ncn(Cc4ccc(S(C)(=N)=O)cc4)c3c2cc1OC. The molecule has 2 heterocycles. The average molecular weight is 396 g/mol. The van der Waals surface area contributed by atoms with Crippen molar-refractivity contribution >= 4 is 31.7 Å². The third kappa shape index (κ3) is 3.16. The highest BCUT2D eigenvalue weighted by Gasteiger charge is 2.13. The minimum absolute atomic E-state index is 0.526. The van der Waals surface area contributed by atoms with Gasteiger partial charge in [0.1, 0.15) is 5.52 Å². The van der Waals surface area contributed by atoms with E-state index in [0.717, 1.165) is 27.5 Å². The molecule has 144 valence electrons. The number of pyridine rings is 1. The fraction of sp³-hybridized carbons (Fsp3) is 0.200. The molecule has 0 radical (unpaired) electrons. The molecular formula is C20H20N4O3S. The Morgan fingerprint density at radius 1 is 1.04 bits per heavy atom. The van der Waals surface area contributed by atoms with E-state index in [2.05, 4.69) is 9.97 Å². The lowest BCUT2D eigenvalue weighted by Gasteiger charge is -2.11. The smallest absolute Gasteiger partial charge is 0.162 e. The lowest BCUT2D eigenvalue weighted by Crippen LogP contribution is -2.00. The minimum atomic E-state index is -2.71. The normalized spacial score (nSPS) is 13.5. The summed E-state index contributed by atoms with van der Waals surface area (Å²) in [5.74, 6) is 1.26. The number of methoxy groups -OCH3 is 2. The average Bonchev–Trinajstić information content (AvgIpc) is 3.09. The molecule has 7 nitrogen and oxygen atoms in total. The predicted octanol–water partition coefficient (Wildman–Crippen LogP) is 3.69. The Balaban J connectivity index is 1.82. The van der Waals surface area contributed by atoms with Crippen molar-refractivity contribution in [3.05, 3.63) is 54.5 Å². The molecule has 4 aromatic rings. The van der Waals surface area contributed by atoms with Crippen LogP contribution in [0.2, 0.25) is 0 Å². The topological polar surface area (TPSA) is 90.1 Å². The molecule has 0 aliphatic heterocycles. The summed E-state index contributed by atoms with van der Waals surface area (Å²) in [6.07, 6.45) is 4.95. The number of hydrogen-bond acceptors (Lipinski definition) is 6. The fourth-order valence-electron chi connectivity index (χ4n) is 3.25. The van der Waals surface area contributed by atoms with Crippen LogP contribution in [0, 0.1) is 4.78 Å². The van der Waals surface area contributed by atoms with Crippen molar-refractivity contribution in [1.82, 2.24) is 14.5 Å². The zero-order valence-corrected chi connectivity index (χ0v) is 16.6. The fourth-order valence-corrected chi connectivity index (χ4v) is 3.91. The molecule has 0 spiro atoms. The lowest BCUT2D eigenvalue weighted by molar-refractivity contribution is 0.356. The van der Waals surface area contributed by atoms with Crippen LogP contribution < -0.4 is 9.47 Å². The molecule has 1 unspecified atom stereocenters. The van der Waals surface area contributed by atoms with Crippen LogP contribution in [0.4, 0.5) is 0 Å². The van der Waals surface area contributed by atoms with Gasteiger partial charge in [-0.3, -0.25) is 4.98 Å². The number of nitrogens with zero attached hydrogens (tertiary/aromatic N) is 3. The molecule has 8 heteroatoms. The van der Waals surface area contributed by atoms with Crippen LogP contribution in [-0.4, -0.2) is 39.2 Å². The van der Waals surface area contributed by atoms with Gasteiger partial charge in [0.15, 0.2) is 11.5 Å². The van der Waals surface area contributed by atoms with Crippen LogP contribution in [0.15, 0.2) is 53.8 Å². The molecule has 0 saturated carbocycles. The van der Waals surface area contributed by atoms with Crippen LogP contribution in [0.25, 0.3) is 21.9 Å². The first-order chi connectivity index (χ1) is 13.4. The van der Waals surface area contributed by atoms with Crippen LogP contribution in [0.3, 0.4) is 0 Å². The maximum atomic E-state index is 11.9. The van der Waals surface area contributed by atoms with E-state index in [9.17, 15) is 4.21 Å². The largest absolute Gasteiger partial charge is 0.493 e. The van der Waals surface area contributed by atoms with E-state index in [1.807, 2.05) is 28.8 Å². The highest BCUT2D eigenvalue weighted by molar-refractivity contribution is 7.91. The molecule has 2 aromatic heterocycles. The molecule has 0 fully saturated rings. The first kappa shape index (κ1) is 18.2. The second-order valence-electron chi connectivity index (χ2n) is 6.58. The number of imidazole rings is 1. The van der Waals surface area contributed by atoms with Gasteiger partial charge in [-0.25, -0.2) is 14.0 Å². The van der Waals surface area contributed by atoms with Gasteiger partial charge >= 0.3 is 0 Å². The first-order valence-corrected chi connectivity index (χ1v) is 10.6. The lowest BCUT2D eigenvalue weighted by atomic mass is 10.1. The van der Waals surface area contributed by atoms with Gasteiger partial charge in [0.2, 0.25) is 0 Å². The number of rotatable bonds is 5. The molecule has 0 saturated heterocycles. The summed E-state index contributed by atoms with van der Waals surface area (Å²) in [5.41, 5.74) is 3.56. The Morgan fingerprint density at radius 3 is 2.36 bits per heavy atom. The quantitative estimate of drug-likeness (QED) is 0.556. The van der Waals surface area contributed by atoms with Gasteiger partial charge in [0.05, 0.1) is 47.5 Å². The number of benzene rings is 2. The summed E-state index contributed by atoms with van der Waals surface area (Å²) in [6, 6.07) is 11.1. The predicted molar refractivity (Wildman–Crippen MR) is 109 cm³/mol. The molecule has 0 aliphatic rings. The highest BCUT2D eigenvalue weighted by atomic mass is 32.2. The molecule has 28 heavy (non-hydrogen) atoms. The summed E-state index contributed by atoms with van der Waals surface area (Å²) < 4.78 is 32.4. The van der Waals surface area contributed by atoms with Crippen molar-refractivity contribution in [2.45, 2.75) is 11.4 Å². The van der Waals surface area contributed by atoms with E-state index in [4.69, 9.17) is 14.3 Å². The van der Waals surface area contributed by atoms with Crippen molar-refractivity contribution in [3.8, 4) is 11.5 Å². The Kier molecular flexibility index (Phi) is 4.43. The van der Waals surface area contributed by atoms with Gasteiger partial charge < -0.3 is 14.0 Å². The molecule has 4 rings (SSSR count). The molecule has 0 aliphatic carbocycles. The molecule has 0 bridgehead atoms. The second-order valence-corrected chi connectivity index (χ2v) is 8.74. The number of nitrogens with one attached hydrogen (secondary N) is 1. The first-order valence-electron chi connectivity index (χ1n) is 8.59. The zero-order valence-electron chi connectivity index (χ0n) is 15.8. The zero-order chi connectivity index (χ0) is 19.9. The number of fused-ring (bicyclic) bond motifs is 3. The summed E-state index contributed by atoms with van der Waals surface area (Å²) >= 11 is 0. The van der Waals surface area contributed by atoms with Crippen LogP contribution in [-0.2, 0) is 16.3 Å². The molecule has 2 aromatic carbocycles. The standard InChI is InChI=1S/C20H20N4O3S/c1-26-18-8-15-16(9-19(18)27-2)22-10-17-20(15)24(12-23-17)11-13-4-6-14(7-5-13)28(3,21)25/h4-10,12,21H,11H2,1-3H3. The Morgan fingerprint density at radius 2 is 1.71 bits per heavy atom. The summed E-state index contributed by atoms with van der Waals surface area (Å²) in [7, 11) is 0.492. The van der Waals surface area contributed by atoms with Gasteiger partial charge in [-0.15, -0.1) is 0 Å². The van der Waals surface area contributed by atoms with Crippen LogP contribution >= 0.6 is 0 Å². The Hall–Kier alpha value is -3.13. The number of hydrogen-bond donors (Lipinski definition) is 1. The molecular weight excluding hydrogens is 376 g/mol.